The molecule has 0 bridgehead atoms. The van der Waals surface area contributed by atoms with Crippen molar-refractivity contribution in [2.45, 2.75) is 181 Å². The summed E-state index contributed by atoms with van der Waals surface area (Å²) in [6.45, 7) is 6.12. The summed E-state index contributed by atoms with van der Waals surface area (Å²) in [4.78, 5) is 38.0. The molecule has 1 unspecified atom stereocenters. The van der Waals surface area contributed by atoms with Gasteiger partial charge in [0.05, 0.1) is 0 Å². The largest absolute Gasteiger partial charge is 0.462 e. The molecular weight excluding hydrogens is 829 g/mol. The Morgan fingerprint density at radius 3 is 1.03 bits per heavy atom. The maximum Gasteiger partial charge on any atom is 0.306 e. The van der Waals surface area contributed by atoms with Crippen molar-refractivity contribution < 1.29 is 28.6 Å². The lowest BCUT2D eigenvalue weighted by atomic mass is 10.1. The average Bonchev–Trinajstić information content (AvgIpc) is 3.33. The minimum atomic E-state index is -0.833. The molecule has 0 aliphatic heterocycles. The third kappa shape index (κ3) is 51.6. The van der Waals surface area contributed by atoms with Crippen molar-refractivity contribution in [3.8, 4) is 0 Å². The zero-order valence-corrected chi connectivity index (χ0v) is 42.1. The fraction of sp³-hybridized carbons (Fsp3) is 0.492. The summed E-state index contributed by atoms with van der Waals surface area (Å²) in [5.41, 5.74) is 0. The number of hydrogen-bond donors (Lipinski definition) is 0. The molecule has 0 radical (unpaired) electrons. The second kappa shape index (κ2) is 53.4. The number of ether oxygens (including phenoxy) is 3. The number of carbonyl (C=O) groups excluding carboxylic acids is 3. The Balaban J connectivity index is 4.59. The highest BCUT2D eigenvalue weighted by Crippen LogP contribution is 2.12. The van der Waals surface area contributed by atoms with Gasteiger partial charge in [0, 0.05) is 19.3 Å². The van der Waals surface area contributed by atoms with Crippen molar-refractivity contribution >= 4 is 17.9 Å². The van der Waals surface area contributed by atoms with Gasteiger partial charge in [-0.25, -0.2) is 0 Å². The van der Waals surface area contributed by atoms with Crippen LogP contribution in [0.25, 0.3) is 0 Å². The zero-order chi connectivity index (χ0) is 48.6. The molecule has 0 aromatic rings. The van der Waals surface area contributed by atoms with Gasteiger partial charge in [0.1, 0.15) is 13.2 Å². The quantitative estimate of drug-likeness (QED) is 0.0199. The van der Waals surface area contributed by atoms with E-state index in [0.29, 0.717) is 12.8 Å². The highest BCUT2D eigenvalue weighted by atomic mass is 16.6. The van der Waals surface area contributed by atoms with Crippen molar-refractivity contribution in [1.82, 2.24) is 0 Å². The van der Waals surface area contributed by atoms with E-state index in [0.717, 1.165) is 116 Å². The topological polar surface area (TPSA) is 78.9 Å². The van der Waals surface area contributed by atoms with Crippen molar-refractivity contribution in [3.05, 3.63) is 170 Å². The molecule has 0 saturated heterocycles. The van der Waals surface area contributed by atoms with Crippen molar-refractivity contribution in [2.75, 3.05) is 13.2 Å². The van der Waals surface area contributed by atoms with E-state index >= 15 is 0 Å². The van der Waals surface area contributed by atoms with Gasteiger partial charge in [-0.1, -0.05) is 229 Å². The molecule has 0 aliphatic rings. The standard InChI is InChI=1S/C61H90O6/c1-4-7-10-13-16-19-22-25-27-29-30-32-33-36-39-42-45-48-51-54-60(63)66-57-58(56-65-59(62)53-50-47-44-41-38-35-24-21-18-15-12-9-6-3)67-61(64)55-52-49-46-43-40-37-34-31-28-26-23-20-17-14-11-8-5-2/h7-12,14-21,23-28,30-32,34-35,37-38,40,58H,4-6,13,22,29,33,36,39,41-57H2,1-3H3/b10-7-,11-8-,12-9-,17-14-,18-15-,19-16-,23-20-,24-21-,27-25-,28-26-,32-30-,34-31+,38-35-,40-37-. The van der Waals surface area contributed by atoms with E-state index in [2.05, 4.69) is 93.7 Å². The molecule has 6 heteroatoms. The molecule has 0 rings (SSSR count). The van der Waals surface area contributed by atoms with Crippen LogP contribution in [0.15, 0.2) is 170 Å². The maximum absolute atomic E-state index is 12.8. The van der Waals surface area contributed by atoms with Gasteiger partial charge in [-0.3, -0.25) is 14.4 Å². The SMILES string of the molecule is CC\C=C/C=C\C=C/C=C\C=C\C=C/CCCCCC(=O)OC(COC(=O)CCCCC\C=C/C=C\C=C/C=C\CC)COC(=O)CCCCCCCC/C=C\C/C=C\C/C=C\C/C=C\CC. The van der Waals surface area contributed by atoms with Crippen LogP contribution in [0.2, 0.25) is 0 Å². The molecule has 6 nitrogen and oxygen atoms in total. The first-order chi connectivity index (χ1) is 33.0. The van der Waals surface area contributed by atoms with E-state index in [1.54, 1.807) is 0 Å². The Kier molecular flexibility index (Phi) is 49.2. The first-order valence-corrected chi connectivity index (χ1v) is 25.8. The van der Waals surface area contributed by atoms with Crippen molar-refractivity contribution in [2.24, 2.45) is 0 Å². The van der Waals surface area contributed by atoms with E-state index in [4.69, 9.17) is 14.2 Å². The molecule has 0 spiro atoms. The van der Waals surface area contributed by atoms with E-state index in [9.17, 15) is 14.4 Å². The summed E-state index contributed by atoms with van der Waals surface area (Å²) in [6.07, 6.45) is 79.0. The lowest BCUT2D eigenvalue weighted by molar-refractivity contribution is -0.167. The summed E-state index contributed by atoms with van der Waals surface area (Å²) < 4.78 is 16.7. The molecule has 1 atom stereocenters. The van der Waals surface area contributed by atoms with Gasteiger partial charge in [-0.05, 0) is 96.3 Å². The number of hydrogen-bond acceptors (Lipinski definition) is 6. The molecule has 0 aromatic carbocycles. The van der Waals surface area contributed by atoms with Crippen LogP contribution in [0, 0.1) is 0 Å². The highest BCUT2D eigenvalue weighted by Gasteiger charge is 2.19. The van der Waals surface area contributed by atoms with E-state index in [-0.39, 0.29) is 44.0 Å². The van der Waals surface area contributed by atoms with Crippen LogP contribution >= 0.6 is 0 Å². The summed E-state index contributed by atoms with van der Waals surface area (Å²) in [6, 6.07) is 0. The predicted octanol–water partition coefficient (Wildman–Crippen LogP) is 17.2. The number of allylic oxidation sites excluding steroid dienone is 28. The highest BCUT2D eigenvalue weighted by molar-refractivity contribution is 5.71. The normalized spacial score (nSPS) is 13.5. The van der Waals surface area contributed by atoms with E-state index in [1.165, 1.54) is 12.8 Å². The molecule has 67 heavy (non-hydrogen) atoms. The molecular formula is C61H90O6. The minimum absolute atomic E-state index is 0.126. The Hall–Kier alpha value is -5.23. The fourth-order valence-electron chi connectivity index (χ4n) is 6.18. The van der Waals surface area contributed by atoms with Crippen LogP contribution in [0.1, 0.15) is 175 Å². The van der Waals surface area contributed by atoms with Crippen molar-refractivity contribution in [1.29, 1.82) is 0 Å². The molecule has 0 heterocycles. The maximum atomic E-state index is 12.8. The number of rotatable bonds is 43. The number of carbonyl (C=O) groups is 3. The fourth-order valence-corrected chi connectivity index (χ4v) is 6.18. The van der Waals surface area contributed by atoms with Crippen LogP contribution in [0.4, 0.5) is 0 Å². The van der Waals surface area contributed by atoms with Crippen LogP contribution in [-0.2, 0) is 28.6 Å². The van der Waals surface area contributed by atoms with Gasteiger partial charge in [0.25, 0.3) is 0 Å². The van der Waals surface area contributed by atoms with Crippen LogP contribution in [-0.4, -0.2) is 37.2 Å². The van der Waals surface area contributed by atoms with Crippen LogP contribution in [0.3, 0.4) is 0 Å². The van der Waals surface area contributed by atoms with Gasteiger partial charge in [0.2, 0.25) is 0 Å². The summed E-state index contributed by atoms with van der Waals surface area (Å²) in [5.74, 6) is -1.04. The van der Waals surface area contributed by atoms with Gasteiger partial charge >= 0.3 is 17.9 Å². The molecule has 0 saturated carbocycles. The lowest BCUT2D eigenvalue weighted by Gasteiger charge is -2.18. The Morgan fingerprint density at radius 1 is 0.313 bits per heavy atom. The Bertz CT molecular complexity index is 1620. The molecule has 370 valence electrons. The first-order valence-electron chi connectivity index (χ1n) is 25.8. The molecule has 0 N–H and O–H groups in total. The van der Waals surface area contributed by atoms with Crippen LogP contribution in [0.5, 0.6) is 0 Å². The third-order valence-corrected chi connectivity index (χ3v) is 9.95. The predicted molar refractivity (Wildman–Crippen MR) is 288 cm³/mol. The number of unbranched alkanes of at least 4 members (excludes halogenated alkanes) is 12. The minimum Gasteiger partial charge on any atom is -0.462 e. The van der Waals surface area contributed by atoms with Crippen LogP contribution < -0.4 is 0 Å². The zero-order valence-electron chi connectivity index (χ0n) is 42.1. The molecule has 0 aromatic heterocycles. The third-order valence-electron chi connectivity index (χ3n) is 9.95. The first kappa shape index (κ1) is 61.8. The smallest absolute Gasteiger partial charge is 0.306 e. The molecule has 0 aliphatic carbocycles. The summed E-state index contributed by atoms with van der Waals surface area (Å²) in [5, 5.41) is 0. The van der Waals surface area contributed by atoms with Gasteiger partial charge in [-0.15, -0.1) is 0 Å². The van der Waals surface area contributed by atoms with E-state index in [1.807, 2.05) is 97.2 Å². The van der Waals surface area contributed by atoms with Gasteiger partial charge < -0.3 is 14.2 Å². The Morgan fingerprint density at radius 2 is 0.612 bits per heavy atom. The summed E-state index contributed by atoms with van der Waals surface area (Å²) >= 11 is 0. The second-order valence-electron chi connectivity index (χ2n) is 16.2. The van der Waals surface area contributed by atoms with Gasteiger partial charge in [0.15, 0.2) is 6.10 Å². The molecule has 0 amide bonds. The van der Waals surface area contributed by atoms with E-state index < -0.39 is 6.10 Å². The van der Waals surface area contributed by atoms with Gasteiger partial charge in [-0.2, -0.15) is 0 Å². The second-order valence-corrected chi connectivity index (χ2v) is 16.2. The molecule has 0 fully saturated rings. The monoisotopic (exact) mass is 919 g/mol. The Labute approximate surface area is 409 Å². The summed E-state index contributed by atoms with van der Waals surface area (Å²) in [7, 11) is 0. The lowest BCUT2D eigenvalue weighted by Crippen LogP contribution is -2.30. The average molecular weight is 919 g/mol. The van der Waals surface area contributed by atoms with Crippen molar-refractivity contribution in [3.63, 3.8) is 0 Å². The number of esters is 3.